The molecule has 0 bridgehead atoms. The van der Waals surface area contributed by atoms with Gasteiger partial charge in [-0.15, -0.1) is 0 Å². The largest absolute Gasteiger partial charge is 0.487 e. The van der Waals surface area contributed by atoms with Crippen LogP contribution in [0.1, 0.15) is 6.42 Å². The van der Waals surface area contributed by atoms with Crippen LogP contribution >= 0.6 is 11.6 Å². The summed E-state index contributed by atoms with van der Waals surface area (Å²) in [6.45, 7) is 1.68. The molecule has 3 heterocycles. The summed E-state index contributed by atoms with van der Waals surface area (Å²) in [5.74, 6) is 0.731. The van der Waals surface area contributed by atoms with Gasteiger partial charge in [-0.2, -0.15) is 0 Å². The second kappa shape index (κ2) is 6.18. The number of hydrogen-bond acceptors (Lipinski definition) is 3. The second-order valence-corrected chi connectivity index (χ2v) is 5.44. The van der Waals surface area contributed by atoms with E-state index in [1.807, 2.05) is 34.0 Å². The van der Waals surface area contributed by atoms with Crippen LogP contribution < -0.4 is 4.74 Å². The van der Waals surface area contributed by atoms with Crippen molar-refractivity contribution in [1.82, 2.24) is 14.5 Å². The highest BCUT2D eigenvalue weighted by Crippen LogP contribution is 2.25. The number of hydrogen-bond donors (Lipinski definition) is 0. The Labute approximate surface area is 128 Å². The van der Waals surface area contributed by atoms with Crippen molar-refractivity contribution in [3.8, 4) is 5.75 Å². The molecule has 3 rings (SSSR count). The Morgan fingerprint density at radius 3 is 3.00 bits per heavy atom. The van der Waals surface area contributed by atoms with Gasteiger partial charge in [0, 0.05) is 43.8 Å². The van der Waals surface area contributed by atoms with E-state index in [2.05, 4.69) is 4.98 Å². The fourth-order valence-corrected chi connectivity index (χ4v) is 2.58. The first kappa shape index (κ1) is 13.9. The molecule has 1 saturated heterocycles. The topological polar surface area (TPSA) is 47.4 Å². The molecule has 21 heavy (non-hydrogen) atoms. The average Bonchev–Trinajstić information content (AvgIpc) is 3.13. The molecule has 2 aromatic heterocycles. The molecule has 110 valence electrons. The minimum absolute atomic E-state index is 0.0153. The number of nitrogens with zero attached hydrogens (tertiary/aromatic N) is 3. The maximum Gasteiger partial charge on any atom is 0.242 e. The molecular weight excluding hydrogens is 290 g/mol. The summed E-state index contributed by atoms with van der Waals surface area (Å²) in [5.41, 5.74) is 0. The van der Waals surface area contributed by atoms with Crippen molar-refractivity contribution >= 4 is 17.5 Å². The van der Waals surface area contributed by atoms with Gasteiger partial charge in [-0.05, 0) is 12.1 Å². The minimum Gasteiger partial charge on any atom is -0.487 e. The van der Waals surface area contributed by atoms with Crippen LogP contribution in [0.2, 0.25) is 5.02 Å². The lowest BCUT2D eigenvalue weighted by Gasteiger charge is -2.18. The number of likely N-dealkylation sites (tertiary alicyclic amines) is 1. The number of pyridine rings is 1. The number of carbonyl (C=O) groups excluding carboxylic acids is 1. The molecule has 0 spiro atoms. The zero-order valence-corrected chi connectivity index (χ0v) is 12.2. The predicted octanol–water partition coefficient (Wildman–Crippen LogP) is 2.22. The van der Waals surface area contributed by atoms with Gasteiger partial charge < -0.3 is 14.2 Å². The van der Waals surface area contributed by atoms with E-state index in [0.717, 1.165) is 6.42 Å². The maximum atomic E-state index is 12.2. The van der Waals surface area contributed by atoms with E-state index in [9.17, 15) is 4.79 Å². The highest BCUT2D eigenvalue weighted by molar-refractivity contribution is 6.31. The molecule has 1 atom stereocenters. The van der Waals surface area contributed by atoms with Gasteiger partial charge in [0.25, 0.3) is 0 Å². The van der Waals surface area contributed by atoms with E-state index in [1.54, 1.807) is 18.5 Å². The van der Waals surface area contributed by atoms with Crippen LogP contribution in [0.4, 0.5) is 0 Å². The molecule has 1 amide bonds. The summed E-state index contributed by atoms with van der Waals surface area (Å²) in [6, 6.07) is 5.57. The van der Waals surface area contributed by atoms with Gasteiger partial charge in [-0.3, -0.25) is 9.78 Å². The first-order chi connectivity index (χ1) is 10.2. The van der Waals surface area contributed by atoms with Gasteiger partial charge in [0.2, 0.25) is 5.91 Å². The lowest BCUT2D eigenvalue weighted by Crippen LogP contribution is -2.33. The SMILES string of the molecule is O=C(Cn1cccc1)N1CC[C@H](Oc2ccncc2Cl)C1. The lowest BCUT2D eigenvalue weighted by molar-refractivity contribution is -0.131. The van der Waals surface area contributed by atoms with E-state index in [0.29, 0.717) is 30.4 Å². The summed E-state index contributed by atoms with van der Waals surface area (Å²) >= 11 is 6.03. The highest BCUT2D eigenvalue weighted by Gasteiger charge is 2.27. The van der Waals surface area contributed by atoms with Crippen molar-refractivity contribution in [2.45, 2.75) is 19.1 Å². The predicted molar refractivity (Wildman–Crippen MR) is 79.3 cm³/mol. The number of halogens is 1. The first-order valence-electron chi connectivity index (χ1n) is 6.87. The van der Waals surface area contributed by atoms with E-state index in [-0.39, 0.29) is 12.0 Å². The lowest BCUT2D eigenvalue weighted by atomic mass is 10.3. The number of carbonyl (C=O) groups is 1. The van der Waals surface area contributed by atoms with Crippen LogP contribution in [-0.2, 0) is 11.3 Å². The molecule has 0 radical (unpaired) electrons. The van der Waals surface area contributed by atoms with E-state index in [4.69, 9.17) is 16.3 Å². The van der Waals surface area contributed by atoms with Gasteiger partial charge in [-0.1, -0.05) is 11.6 Å². The molecule has 0 aromatic carbocycles. The monoisotopic (exact) mass is 305 g/mol. The fourth-order valence-electron chi connectivity index (χ4n) is 2.42. The normalized spacial score (nSPS) is 18.0. The van der Waals surface area contributed by atoms with Crippen molar-refractivity contribution < 1.29 is 9.53 Å². The second-order valence-electron chi connectivity index (χ2n) is 5.03. The molecule has 1 aliphatic rings. The average molecular weight is 306 g/mol. The van der Waals surface area contributed by atoms with Gasteiger partial charge >= 0.3 is 0 Å². The van der Waals surface area contributed by atoms with Crippen LogP contribution in [0.15, 0.2) is 43.0 Å². The molecule has 1 aliphatic heterocycles. The van der Waals surface area contributed by atoms with Gasteiger partial charge in [0.05, 0.1) is 6.54 Å². The standard InChI is InChI=1S/C15H16ClN3O2/c16-13-9-17-5-3-14(13)21-12-4-8-19(10-12)15(20)11-18-6-1-2-7-18/h1-3,5-7,9,12H,4,8,10-11H2/t12-/m0/s1. The molecule has 0 saturated carbocycles. The Kier molecular flexibility index (Phi) is 4.10. The Balaban J connectivity index is 1.56. The highest BCUT2D eigenvalue weighted by atomic mass is 35.5. The quantitative estimate of drug-likeness (QED) is 0.870. The Morgan fingerprint density at radius 1 is 1.43 bits per heavy atom. The fraction of sp³-hybridized carbons (Fsp3) is 0.333. The zero-order chi connectivity index (χ0) is 14.7. The maximum absolute atomic E-state index is 12.2. The minimum atomic E-state index is -0.0153. The molecule has 6 heteroatoms. The molecule has 0 N–H and O–H groups in total. The molecule has 0 aliphatic carbocycles. The Hall–Kier alpha value is -2.01. The van der Waals surface area contributed by atoms with E-state index in [1.165, 1.54) is 0 Å². The first-order valence-corrected chi connectivity index (χ1v) is 7.25. The molecule has 2 aromatic rings. The third kappa shape index (κ3) is 3.36. The zero-order valence-electron chi connectivity index (χ0n) is 11.5. The number of rotatable bonds is 4. The number of amides is 1. The van der Waals surface area contributed by atoms with Crippen molar-refractivity contribution in [3.63, 3.8) is 0 Å². The molecule has 5 nitrogen and oxygen atoms in total. The van der Waals surface area contributed by atoms with Crippen LogP contribution in [0.3, 0.4) is 0 Å². The Bertz CT molecular complexity index is 615. The van der Waals surface area contributed by atoms with Gasteiger partial charge in [-0.25, -0.2) is 0 Å². The van der Waals surface area contributed by atoms with Crippen LogP contribution in [-0.4, -0.2) is 39.6 Å². The summed E-state index contributed by atoms with van der Waals surface area (Å²) in [5, 5.41) is 0.495. The molecular formula is C15H16ClN3O2. The smallest absolute Gasteiger partial charge is 0.242 e. The molecule has 1 fully saturated rings. The van der Waals surface area contributed by atoms with Crippen LogP contribution in [0.25, 0.3) is 0 Å². The van der Waals surface area contributed by atoms with Crippen molar-refractivity contribution in [2.24, 2.45) is 0 Å². The summed E-state index contributed by atoms with van der Waals surface area (Å²) in [4.78, 5) is 17.9. The van der Waals surface area contributed by atoms with Crippen LogP contribution in [0, 0.1) is 0 Å². The third-order valence-corrected chi connectivity index (χ3v) is 3.79. The van der Waals surface area contributed by atoms with Crippen LogP contribution in [0.5, 0.6) is 5.75 Å². The number of aromatic nitrogens is 2. The van der Waals surface area contributed by atoms with Crippen molar-refractivity contribution in [1.29, 1.82) is 0 Å². The van der Waals surface area contributed by atoms with Gasteiger partial charge in [0.15, 0.2) is 0 Å². The summed E-state index contributed by atoms with van der Waals surface area (Å²) in [7, 11) is 0. The Morgan fingerprint density at radius 2 is 2.24 bits per heavy atom. The summed E-state index contributed by atoms with van der Waals surface area (Å²) < 4.78 is 7.72. The van der Waals surface area contributed by atoms with Crippen molar-refractivity contribution in [2.75, 3.05) is 13.1 Å². The number of ether oxygens (including phenoxy) is 1. The van der Waals surface area contributed by atoms with Crippen molar-refractivity contribution in [3.05, 3.63) is 48.0 Å². The summed E-state index contributed by atoms with van der Waals surface area (Å²) in [6.07, 6.45) is 7.78. The van der Waals surface area contributed by atoms with E-state index >= 15 is 0 Å². The van der Waals surface area contributed by atoms with E-state index < -0.39 is 0 Å². The molecule has 0 unspecified atom stereocenters. The third-order valence-electron chi connectivity index (χ3n) is 3.51. The van der Waals surface area contributed by atoms with Gasteiger partial charge in [0.1, 0.15) is 23.4 Å².